The number of sulfonamides is 1. The van der Waals surface area contributed by atoms with E-state index in [4.69, 9.17) is 5.14 Å². The molecule has 2 aromatic carbocycles. The van der Waals surface area contributed by atoms with Crippen molar-refractivity contribution in [2.24, 2.45) is 5.14 Å². The number of nitrogens with one attached hydrogen (secondary N) is 2. The average molecular weight is 414 g/mol. The van der Waals surface area contributed by atoms with Gasteiger partial charge in [-0.3, -0.25) is 0 Å². The number of hydrogen-bond donors (Lipinski definition) is 4. The lowest BCUT2D eigenvalue weighted by Crippen LogP contribution is -2.34. The molecule has 5 N–H and O–H groups in total. The van der Waals surface area contributed by atoms with E-state index in [-0.39, 0.29) is 22.9 Å². The second-order valence-corrected chi connectivity index (χ2v) is 8.67. The van der Waals surface area contributed by atoms with E-state index < -0.39 is 10.0 Å². The topological polar surface area (TPSA) is 147 Å². The molecule has 29 heavy (non-hydrogen) atoms. The first-order valence-electron chi connectivity index (χ1n) is 9.34. The summed E-state index contributed by atoms with van der Waals surface area (Å²) in [7, 11) is -3.98. The van der Waals surface area contributed by atoms with Crippen LogP contribution in [0.4, 0.5) is 0 Å². The van der Waals surface area contributed by atoms with Crippen LogP contribution < -0.4 is 10.5 Å². The van der Waals surface area contributed by atoms with Crippen LogP contribution in [0.5, 0.6) is 0 Å². The van der Waals surface area contributed by atoms with Crippen LogP contribution >= 0.6 is 0 Å². The smallest absolute Gasteiger partial charge is 0.238 e. The minimum absolute atomic E-state index is 0.0580. The van der Waals surface area contributed by atoms with Gasteiger partial charge in [-0.15, -0.1) is 10.2 Å². The molecule has 1 fully saturated rings. The highest BCUT2D eigenvalue weighted by Gasteiger charge is 2.24. The van der Waals surface area contributed by atoms with Gasteiger partial charge >= 0.3 is 0 Å². The van der Waals surface area contributed by atoms with Gasteiger partial charge in [-0.05, 0) is 47.2 Å². The fraction of sp³-hybridized carbons (Fsp3) is 0.316. The number of rotatable bonds is 6. The summed E-state index contributed by atoms with van der Waals surface area (Å²) in [6, 6.07) is 12.7. The van der Waals surface area contributed by atoms with Crippen molar-refractivity contribution in [1.82, 2.24) is 25.9 Å². The number of hydrogen-bond acceptors (Lipinski definition) is 7. The Morgan fingerprint density at radius 3 is 2.59 bits per heavy atom. The van der Waals surface area contributed by atoms with Gasteiger partial charge in [0.1, 0.15) is 0 Å². The van der Waals surface area contributed by atoms with Gasteiger partial charge in [0, 0.05) is 12.6 Å². The molecular formula is C19H22N6O3S. The van der Waals surface area contributed by atoms with E-state index in [1.54, 1.807) is 12.1 Å². The Morgan fingerprint density at radius 2 is 1.97 bits per heavy atom. The molecule has 1 aliphatic rings. The summed E-state index contributed by atoms with van der Waals surface area (Å²) in [5, 5.41) is 32.5. The van der Waals surface area contributed by atoms with Gasteiger partial charge in [-0.1, -0.05) is 36.4 Å². The number of primary sulfonamides is 1. The van der Waals surface area contributed by atoms with Gasteiger partial charge in [0.25, 0.3) is 0 Å². The Labute approximate surface area is 168 Å². The number of aliphatic hydroxyl groups excluding tert-OH is 1. The molecular weight excluding hydrogens is 392 g/mol. The molecule has 1 aliphatic carbocycles. The zero-order valence-corrected chi connectivity index (χ0v) is 16.4. The molecule has 0 spiro atoms. The maximum Gasteiger partial charge on any atom is 0.238 e. The number of aromatic amines is 1. The Hall–Kier alpha value is -2.66. The van der Waals surface area contributed by atoms with E-state index in [0.717, 1.165) is 30.4 Å². The highest BCUT2D eigenvalue weighted by Crippen LogP contribution is 2.34. The summed E-state index contributed by atoms with van der Waals surface area (Å²) in [6.07, 6.45) is 2.58. The van der Waals surface area contributed by atoms with Crippen molar-refractivity contribution in [2.45, 2.75) is 42.8 Å². The molecule has 2 atom stereocenters. The van der Waals surface area contributed by atoms with Gasteiger partial charge in [0.05, 0.1) is 16.6 Å². The van der Waals surface area contributed by atoms with E-state index in [9.17, 15) is 13.5 Å². The van der Waals surface area contributed by atoms with Crippen molar-refractivity contribution in [3.05, 3.63) is 48.0 Å². The summed E-state index contributed by atoms with van der Waals surface area (Å²) in [5.41, 5.74) is 2.82. The Balaban J connectivity index is 1.65. The zero-order chi connectivity index (χ0) is 20.4. The van der Waals surface area contributed by atoms with Crippen LogP contribution in [-0.4, -0.2) is 46.3 Å². The number of aromatic nitrogens is 4. The number of nitrogens with zero attached hydrogens (tertiary/aromatic N) is 3. The third-order valence-corrected chi connectivity index (χ3v) is 6.17. The number of aliphatic hydroxyl groups is 1. The second kappa shape index (κ2) is 7.99. The average Bonchev–Trinajstić information content (AvgIpc) is 3.37. The van der Waals surface area contributed by atoms with Crippen LogP contribution in [0.1, 0.15) is 24.8 Å². The first-order valence-corrected chi connectivity index (χ1v) is 10.9. The van der Waals surface area contributed by atoms with Crippen LogP contribution in [0, 0.1) is 0 Å². The Bertz CT molecular complexity index is 1080. The maximum absolute atomic E-state index is 12.1. The number of benzene rings is 2. The highest BCUT2D eigenvalue weighted by atomic mass is 32.2. The fourth-order valence-electron chi connectivity index (χ4n) is 3.74. The fourth-order valence-corrected chi connectivity index (χ4v) is 4.49. The standard InChI is InChI=1S/C19H22N6O3S/c20-29(27,28)17-6-1-3-14(18(17)19-22-24-25-23-19)13-9-7-12(8-10-13)11-21-15-4-2-5-16(15)26/h1,3,6-10,15-16,21,26H,2,4-5,11H2,(H2,20,27,28)(H,22,23,24,25)/t15-,16-/m0/s1. The van der Waals surface area contributed by atoms with E-state index in [0.29, 0.717) is 17.7 Å². The molecule has 0 amide bonds. The van der Waals surface area contributed by atoms with E-state index in [2.05, 4.69) is 25.9 Å². The molecule has 4 rings (SSSR count). The molecule has 9 nitrogen and oxygen atoms in total. The molecule has 0 saturated heterocycles. The molecule has 152 valence electrons. The minimum Gasteiger partial charge on any atom is -0.392 e. The molecule has 3 aromatic rings. The van der Waals surface area contributed by atoms with Gasteiger partial charge in [0.15, 0.2) is 0 Å². The van der Waals surface area contributed by atoms with E-state index in [1.807, 2.05) is 24.3 Å². The lowest BCUT2D eigenvalue weighted by Gasteiger charge is -2.16. The molecule has 1 saturated carbocycles. The van der Waals surface area contributed by atoms with Crippen molar-refractivity contribution in [2.75, 3.05) is 0 Å². The second-order valence-electron chi connectivity index (χ2n) is 7.14. The number of tetrazole rings is 1. The molecule has 1 aromatic heterocycles. The van der Waals surface area contributed by atoms with Crippen LogP contribution in [0.25, 0.3) is 22.5 Å². The number of H-pyrrole nitrogens is 1. The molecule has 0 unspecified atom stereocenters. The molecule has 0 aliphatic heterocycles. The molecule has 10 heteroatoms. The van der Waals surface area contributed by atoms with Crippen LogP contribution in [-0.2, 0) is 16.6 Å². The van der Waals surface area contributed by atoms with Crippen LogP contribution in [0.2, 0.25) is 0 Å². The van der Waals surface area contributed by atoms with Crippen LogP contribution in [0.15, 0.2) is 47.4 Å². The maximum atomic E-state index is 12.1. The first-order chi connectivity index (χ1) is 13.9. The predicted molar refractivity (Wildman–Crippen MR) is 107 cm³/mol. The van der Waals surface area contributed by atoms with Crippen molar-refractivity contribution >= 4 is 10.0 Å². The molecule has 1 heterocycles. The van der Waals surface area contributed by atoms with Crippen molar-refractivity contribution < 1.29 is 13.5 Å². The zero-order valence-electron chi connectivity index (χ0n) is 15.6. The lowest BCUT2D eigenvalue weighted by atomic mass is 9.98. The highest BCUT2D eigenvalue weighted by molar-refractivity contribution is 7.89. The summed E-state index contributed by atoms with van der Waals surface area (Å²) >= 11 is 0. The minimum atomic E-state index is -3.98. The normalized spacial score (nSPS) is 19.5. The van der Waals surface area contributed by atoms with Crippen LogP contribution in [0.3, 0.4) is 0 Å². The SMILES string of the molecule is NS(=O)(=O)c1cccc(-c2ccc(CN[C@H]3CCC[C@@H]3O)cc2)c1-c1nn[nH]n1. The molecule has 0 bridgehead atoms. The van der Waals surface area contributed by atoms with E-state index in [1.165, 1.54) is 6.07 Å². The van der Waals surface area contributed by atoms with Crippen molar-refractivity contribution in [3.8, 4) is 22.5 Å². The summed E-state index contributed by atoms with van der Waals surface area (Å²) in [6.45, 7) is 0.650. The van der Waals surface area contributed by atoms with Crippen molar-refractivity contribution in [1.29, 1.82) is 0 Å². The largest absolute Gasteiger partial charge is 0.392 e. The quantitative estimate of drug-likeness (QED) is 0.473. The van der Waals surface area contributed by atoms with E-state index >= 15 is 0 Å². The van der Waals surface area contributed by atoms with Gasteiger partial charge in [0.2, 0.25) is 15.8 Å². The summed E-state index contributed by atoms with van der Waals surface area (Å²) < 4.78 is 24.2. The third kappa shape index (κ3) is 4.20. The lowest BCUT2D eigenvalue weighted by molar-refractivity contribution is 0.148. The van der Waals surface area contributed by atoms with Gasteiger partial charge < -0.3 is 10.4 Å². The Kier molecular flexibility index (Phi) is 5.41. The Morgan fingerprint density at radius 1 is 1.17 bits per heavy atom. The molecule has 0 radical (unpaired) electrons. The summed E-state index contributed by atoms with van der Waals surface area (Å²) in [4.78, 5) is -0.0580. The third-order valence-electron chi connectivity index (χ3n) is 5.21. The van der Waals surface area contributed by atoms with Gasteiger partial charge in [-0.2, -0.15) is 5.21 Å². The first kappa shape index (κ1) is 19.6. The monoisotopic (exact) mass is 414 g/mol. The summed E-state index contributed by atoms with van der Waals surface area (Å²) in [5.74, 6) is 0.158. The number of nitrogens with two attached hydrogens (primary N) is 1. The van der Waals surface area contributed by atoms with Crippen molar-refractivity contribution in [3.63, 3.8) is 0 Å². The van der Waals surface area contributed by atoms with Gasteiger partial charge in [-0.25, -0.2) is 13.6 Å². The predicted octanol–water partition coefficient (Wildman–Crippen LogP) is 1.18.